The molecule has 0 amide bonds. The molecule has 0 aliphatic carbocycles. The Morgan fingerprint density at radius 1 is 1.08 bits per heavy atom. The highest BCUT2D eigenvalue weighted by Gasteiger charge is 2.28. The Hall–Kier alpha value is -2.96. The van der Waals surface area contributed by atoms with E-state index in [1.54, 1.807) is 0 Å². The summed E-state index contributed by atoms with van der Waals surface area (Å²) < 4.78 is 0. The van der Waals surface area contributed by atoms with Gasteiger partial charge >= 0.3 is 0 Å². The van der Waals surface area contributed by atoms with E-state index in [0.29, 0.717) is 30.0 Å². The summed E-state index contributed by atoms with van der Waals surface area (Å²) in [7, 11) is 0. The summed E-state index contributed by atoms with van der Waals surface area (Å²) in [6.07, 6.45) is -0.437. The van der Waals surface area contributed by atoms with Gasteiger partial charge in [-0.1, -0.05) is 36.4 Å². The van der Waals surface area contributed by atoms with Gasteiger partial charge in [0.05, 0.1) is 29.7 Å². The topological polar surface area (TPSA) is 101 Å². The lowest BCUT2D eigenvalue weighted by Crippen LogP contribution is -2.16. The number of aliphatic hydroxyl groups is 2. The van der Waals surface area contributed by atoms with E-state index in [2.05, 4.69) is 9.98 Å². The molecular weight excluding hydrogens is 330 g/mol. The van der Waals surface area contributed by atoms with E-state index < -0.39 is 6.10 Å². The number of fused-ring (bicyclic) bond motifs is 2. The molecule has 1 aromatic heterocycles. The number of benzene rings is 2. The number of aliphatic hydroxyl groups excluding tert-OH is 2. The van der Waals surface area contributed by atoms with Crippen LogP contribution in [0.15, 0.2) is 58.5 Å². The van der Waals surface area contributed by atoms with Crippen LogP contribution in [0.1, 0.15) is 17.5 Å². The molecule has 3 aromatic rings. The molecule has 1 unspecified atom stereocenters. The Bertz CT molecular complexity index is 1020. The molecule has 1 aliphatic heterocycles. The predicted molar refractivity (Wildman–Crippen MR) is 102 cm³/mol. The zero-order chi connectivity index (χ0) is 18.1. The maximum Gasteiger partial charge on any atom is 0.199 e. The van der Waals surface area contributed by atoms with Crippen molar-refractivity contribution in [3.05, 3.63) is 59.7 Å². The van der Waals surface area contributed by atoms with Gasteiger partial charge in [0, 0.05) is 23.0 Å². The molecule has 2 aromatic carbocycles. The van der Waals surface area contributed by atoms with Gasteiger partial charge in [0.25, 0.3) is 0 Å². The number of aromatic amines is 1. The number of H-pyrrole nitrogens is 1. The third-order valence-electron chi connectivity index (χ3n) is 4.48. The average Bonchev–Trinajstić information content (AvgIpc) is 3.18. The first-order chi connectivity index (χ1) is 12.7. The van der Waals surface area contributed by atoms with Gasteiger partial charge in [0.2, 0.25) is 0 Å². The van der Waals surface area contributed by atoms with Crippen LogP contribution >= 0.6 is 0 Å². The average molecular weight is 349 g/mol. The van der Waals surface area contributed by atoms with Crippen molar-refractivity contribution in [2.45, 2.75) is 12.5 Å². The van der Waals surface area contributed by atoms with Crippen LogP contribution in [0.2, 0.25) is 0 Å². The number of hydrogen-bond acceptors (Lipinski definition) is 5. The minimum Gasteiger partial charge on any atom is -0.494 e. The third kappa shape index (κ3) is 2.79. The second-order valence-corrected chi connectivity index (χ2v) is 6.23. The van der Waals surface area contributed by atoms with E-state index >= 15 is 0 Å². The summed E-state index contributed by atoms with van der Waals surface area (Å²) in [6, 6.07) is 15.3. The van der Waals surface area contributed by atoms with E-state index in [1.807, 2.05) is 48.5 Å². The van der Waals surface area contributed by atoms with Gasteiger partial charge in [-0.2, -0.15) is 0 Å². The third-order valence-corrected chi connectivity index (χ3v) is 4.48. The normalized spacial score (nSPS) is 16.1. The van der Waals surface area contributed by atoms with Crippen LogP contribution in [0.5, 0.6) is 5.88 Å². The molecule has 0 fully saturated rings. The molecule has 26 heavy (non-hydrogen) atoms. The molecule has 0 radical (unpaired) electrons. The van der Waals surface area contributed by atoms with Crippen LogP contribution in [0.25, 0.3) is 10.9 Å². The fourth-order valence-electron chi connectivity index (χ4n) is 3.19. The lowest BCUT2D eigenvalue weighted by Gasteiger charge is -2.07. The first kappa shape index (κ1) is 16.5. The van der Waals surface area contributed by atoms with Crippen molar-refractivity contribution in [3.63, 3.8) is 0 Å². The molecule has 1 aliphatic rings. The van der Waals surface area contributed by atoms with Crippen molar-refractivity contribution in [3.8, 4) is 5.88 Å². The van der Waals surface area contributed by atoms with E-state index in [0.717, 1.165) is 22.2 Å². The molecule has 0 spiro atoms. The monoisotopic (exact) mass is 349 g/mol. The van der Waals surface area contributed by atoms with Crippen molar-refractivity contribution < 1.29 is 15.3 Å². The summed E-state index contributed by atoms with van der Waals surface area (Å²) in [5, 5.41) is 29.9. The van der Waals surface area contributed by atoms with Crippen LogP contribution in [0.3, 0.4) is 0 Å². The highest BCUT2D eigenvalue weighted by atomic mass is 16.3. The molecule has 1 atom stereocenters. The van der Waals surface area contributed by atoms with Crippen LogP contribution in [0.4, 0.5) is 5.69 Å². The maximum atomic E-state index is 10.5. The Kier molecular flexibility index (Phi) is 4.28. The summed E-state index contributed by atoms with van der Waals surface area (Å²) >= 11 is 0. The lowest BCUT2D eigenvalue weighted by atomic mass is 10.0. The first-order valence-electron chi connectivity index (χ1n) is 8.51. The zero-order valence-electron chi connectivity index (χ0n) is 14.1. The SMILES string of the molecule is OCC(O)CCN=C1C(c2c(O)[nH]c3ccccc23)=Nc2ccccc21. The summed E-state index contributed by atoms with van der Waals surface area (Å²) in [6.45, 7) is 0.0686. The predicted octanol–water partition coefficient (Wildman–Crippen LogP) is 2.54. The Balaban J connectivity index is 1.81. The molecule has 6 nitrogen and oxygen atoms in total. The molecule has 0 saturated carbocycles. The molecular formula is C20H19N3O3. The van der Waals surface area contributed by atoms with Gasteiger partial charge < -0.3 is 20.3 Å². The number of aromatic hydroxyl groups is 1. The van der Waals surface area contributed by atoms with Gasteiger partial charge in [-0.15, -0.1) is 0 Å². The van der Waals surface area contributed by atoms with Gasteiger partial charge in [-0.3, -0.25) is 4.99 Å². The van der Waals surface area contributed by atoms with Crippen LogP contribution in [0, 0.1) is 0 Å². The second kappa shape index (κ2) is 6.74. The van der Waals surface area contributed by atoms with Gasteiger partial charge in [0.15, 0.2) is 5.88 Å². The second-order valence-electron chi connectivity index (χ2n) is 6.23. The van der Waals surface area contributed by atoms with Crippen molar-refractivity contribution in [1.82, 2.24) is 4.98 Å². The van der Waals surface area contributed by atoms with E-state index in [4.69, 9.17) is 10.1 Å². The summed E-state index contributed by atoms with van der Waals surface area (Å²) in [4.78, 5) is 12.3. The Morgan fingerprint density at radius 2 is 1.85 bits per heavy atom. The standard InChI is InChI=1S/C20H19N3O3/c24-11-12(25)9-10-21-18-14-6-2-4-8-16(14)22-19(18)17-13-5-1-3-7-15(13)23-20(17)26/h1-8,12,23-26H,9-11H2. The quantitative estimate of drug-likeness (QED) is 0.569. The number of nitrogens with one attached hydrogen (secondary N) is 1. The fourth-order valence-corrected chi connectivity index (χ4v) is 3.19. The highest BCUT2D eigenvalue weighted by Crippen LogP contribution is 2.35. The van der Waals surface area contributed by atoms with Crippen molar-refractivity contribution in [2.75, 3.05) is 13.2 Å². The Morgan fingerprint density at radius 3 is 2.69 bits per heavy atom. The summed E-state index contributed by atoms with van der Waals surface area (Å²) in [5.41, 5.74) is 4.44. The van der Waals surface area contributed by atoms with Gasteiger partial charge in [-0.05, 0) is 18.6 Å². The molecule has 4 rings (SSSR count). The minimum absolute atomic E-state index is 0.0563. The molecule has 132 valence electrons. The fraction of sp³-hybridized carbons (Fsp3) is 0.200. The minimum atomic E-state index is -0.794. The number of nitrogens with zero attached hydrogens (tertiary/aromatic N) is 2. The molecule has 2 heterocycles. The van der Waals surface area contributed by atoms with E-state index in [1.165, 1.54) is 0 Å². The van der Waals surface area contributed by atoms with E-state index in [9.17, 15) is 10.2 Å². The smallest absolute Gasteiger partial charge is 0.199 e. The number of para-hydroxylation sites is 2. The van der Waals surface area contributed by atoms with Crippen LogP contribution in [-0.4, -0.2) is 51.0 Å². The molecule has 4 N–H and O–H groups in total. The lowest BCUT2D eigenvalue weighted by molar-refractivity contribution is 0.0904. The molecule has 0 bridgehead atoms. The van der Waals surface area contributed by atoms with Crippen LogP contribution < -0.4 is 0 Å². The van der Waals surface area contributed by atoms with Gasteiger partial charge in [-0.25, -0.2) is 4.99 Å². The largest absolute Gasteiger partial charge is 0.494 e. The molecule has 6 heteroatoms. The number of aliphatic imine (C=N–C) groups is 2. The maximum absolute atomic E-state index is 10.5. The van der Waals surface area contributed by atoms with Crippen molar-refractivity contribution in [2.24, 2.45) is 9.98 Å². The van der Waals surface area contributed by atoms with Crippen LogP contribution in [-0.2, 0) is 0 Å². The Labute approximate surface area is 150 Å². The zero-order valence-corrected chi connectivity index (χ0v) is 14.1. The number of hydrogen-bond donors (Lipinski definition) is 4. The highest BCUT2D eigenvalue weighted by molar-refractivity contribution is 6.58. The number of rotatable bonds is 5. The van der Waals surface area contributed by atoms with Crippen molar-refractivity contribution in [1.29, 1.82) is 0 Å². The summed E-state index contributed by atoms with van der Waals surface area (Å²) in [5.74, 6) is 0.0563. The van der Waals surface area contributed by atoms with E-state index in [-0.39, 0.29) is 12.5 Å². The van der Waals surface area contributed by atoms with Gasteiger partial charge in [0.1, 0.15) is 5.71 Å². The first-order valence-corrected chi connectivity index (χ1v) is 8.51. The molecule has 0 saturated heterocycles. The van der Waals surface area contributed by atoms with Crippen molar-refractivity contribution >= 4 is 28.0 Å². The number of aromatic nitrogens is 1.